The minimum absolute atomic E-state index is 0.0837. The van der Waals surface area contributed by atoms with Crippen LogP contribution in [0.15, 0.2) is 35.1 Å². The minimum Gasteiger partial charge on any atom is -0.377 e. The molecule has 0 radical (unpaired) electrons. The van der Waals surface area contributed by atoms with Crippen molar-refractivity contribution in [3.8, 4) is 12.1 Å². The topological polar surface area (TPSA) is 50.8 Å². The second kappa shape index (κ2) is 9.99. The first kappa shape index (κ1) is 20.0. The summed E-state index contributed by atoms with van der Waals surface area (Å²) < 4.78 is 0. The van der Waals surface area contributed by atoms with Gasteiger partial charge in [0.15, 0.2) is 0 Å². The Kier molecular flexibility index (Phi) is 8.34. The summed E-state index contributed by atoms with van der Waals surface area (Å²) >= 11 is 0. The van der Waals surface area contributed by atoms with Crippen molar-refractivity contribution in [2.45, 2.75) is 66.2 Å². The first-order valence-electron chi connectivity index (χ1n) is 9.12. The number of nitrogens with zero attached hydrogens (tertiary/aromatic N) is 3. The first-order chi connectivity index (χ1) is 11.5. The van der Waals surface area contributed by atoms with E-state index in [-0.39, 0.29) is 11.0 Å². The molecule has 3 heteroatoms. The molecule has 130 valence electrons. The van der Waals surface area contributed by atoms with Gasteiger partial charge in [0.1, 0.15) is 17.7 Å². The molecule has 0 saturated heterocycles. The summed E-state index contributed by atoms with van der Waals surface area (Å²) in [5.74, 6) is 0. The number of allylic oxidation sites excluding steroid dienone is 5. The van der Waals surface area contributed by atoms with E-state index in [9.17, 15) is 0 Å². The maximum Gasteiger partial charge on any atom is 0.132 e. The zero-order valence-electron chi connectivity index (χ0n) is 15.7. The highest BCUT2D eigenvalue weighted by atomic mass is 15.1. The lowest BCUT2D eigenvalue weighted by atomic mass is 9.74. The van der Waals surface area contributed by atoms with E-state index in [1.807, 2.05) is 18.2 Å². The van der Waals surface area contributed by atoms with Crippen molar-refractivity contribution >= 4 is 0 Å². The van der Waals surface area contributed by atoms with E-state index < -0.39 is 0 Å². The van der Waals surface area contributed by atoms with E-state index in [4.69, 9.17) is 10.5 Å². The maximum atomic E-state index is 9.16. The van der Waals surface area contributed by atoms with E-state index in [1.165, 1.54) is 31.3 Å². The molecule has 3 nitrogen and oxygen atoms in total. The molecule has 24 heavy (non-hydrogen) atoms. The largest absolute Gasteiger partial charge is 0.377 e. The smallest absolute Gasteiger partial charge is 0.132 e. The highest BCUT2D eigenvalue weighted by molar-refractivity contribution is 5.48. The van der Waals surface area contributed by atoms with Crippen LogP contribution in [0.5, 0.6) is 0 Å². The number of rotatable bonds is 8. The van der Waals surface area contributed by atoms with Gasteiger partial charge in [-0.2, -0.15) is 10.5 Å². The van der Waals surface area contributed by atoms with Crippen LogP contribution >= 0.6 is 0 Å². The van der Waals surface area contributed by atoms with Crippen molar-refractivity contribution in [2.24, 2.45) is 5.41 Å². The van der Waals surface area contributed by atoms with Gasteiger partial charge < -0.3 is 4.90 Å². The van der Waals surface area contributed by atoms with Crippen molar-refractivity contribution in [1.29, 1.82) is 10.5 Å². The Morgan fingerprint density at radius 2 is 1.71 bits per heavy atom. The summed E-state index contributed by atoms with van der Waals surface area (Å²) in [5.41, 5.74) is 2.43. The zero-order valence-corrected chi connectivity index (χ0v) is 15.7. The molecule has 1 rings (SSSR count). The van der Waals surface area contributed by atoms with Crippen LogP contribution in [0.3, 0.4) is 0 Å². The lowest BCUT2D eigenvalue weighted by molar-refractivity contribution is 0.349. The summed E-state index contributed by atoms with van der Waals surface area (Å²) in [6, 6.07) is 4.08. The molecule has 0 atom stereocenters. The van der Waals surface area contributed by atoms with Crippen molar-refractivity contribution in [3.05, 3.63) is 35.1 Å². The normalized spacial score (nSPS) is 16.4. The van der Waals surface area contributed by atoms with E-state index in [0.717, 1.165) is 31.5 Å². The third-order valence-corrected chi connectivity index (χ3v) is 4.35. The monoisotopic (exact) mass is 325 g/mol. The van der Waals surface area contributed by atoms with Crippen LogP contribution in [0.25, 0.3) is 0 Å². The van der Waals surface area contributed by atoms with Gasteiger partial charge in [0.05, 0.1) is 0 Å². The number of hydrogen-bond acceptors (Lipinski definition) is 3. The molecule has 0 aromatic heterocycles. The van der Waals surface area contributed by atoms with Crippen molar-refractivity contribution in [2.75, 3.05) is 13.1 Å². The van der Waals surface area contributed by atoms with Crippen molar-refractivity contribution in [3.63, 3.8) is 0 Å². The third kappa shape index (κ3) is 6.63. The molecule has 0 unspecified atom stereocenters. The molecule has 0 aromatic rings. The Morgan fingerprint density at radius 3 is 2.21 bits per heavy atom. The minimum atomic E-state index is 0.0837. The van der Waals surface area contributed by atoms with Crippen molar-refractivity contribution in [1.82, 2.24) is 4.90 Å². The first-order valence-corrected chi connectivity index (χ1v) is 9.12. The molecule has 0 bridgehead atoms. The molecule has 0 fully saturated rings. The number of hydrogen-bond donors (Lipinski definition) is 0. The SMILES string of the molecule is CCCCN(C=CC1=CC(=C(C#N)C#N)CC(C)(C)C1)CCCC. The van der Waals surface area contributed by atoms with Gasteiger partial charge in [-0.3, -0.25) is 0 Å². The fraction of sp³-hybridized carbons (Fsp3) is 0.619. The van der Waals surface area contributed by atoms with Crippen LogP contribution in [0.1, 0.15) is 66.2 Å². The molecular formula is C21H31N3. The highest BCUT2D eigenvalue weighted by Crippen LogP contribution is 2.39. The molecule has 0 saturated carbocycles. The maximum absolute atomic E-state index is 9.16. The van der Waals surface area contributed by atoms with Crippen LogP contribution < -0.4 is 0 Å². The van der Waals surface area contributed by atoms with Gasteiger partial charge in [-0.05, 0) is 54.5 Å². The number of nitriles is 2. The summed E-state index contributed by atoms with van der Waals surface area (Å²) in [4.78, 5) is 2.40. The van der Waals surface area contributed by atoms with E-state index in [1.54, 1.807) is 0 Å². The third-order valence-electron chi connectivity index (χ3n) is 4.35. The molecule has 0 spiro atoms. The second-order valence-corrected chi connectivity index (χ2v) is 7.42. The van der Waals surface area contributed by atoms with Crippen LogP contribution in [0.4, 0.5) is 0 Å². The average Bonchev–Trinajstić information content (AvgIpc) is 2.54. The molecule has 0 aliphatic heterocycles. The van der Waals surface area contributed by atoms with Crippen molar-refractivity contribution < 1.29 is 0 Å². The lowest BCUT2D eigenvalue weighted by Gasteiger charge is -2.30. The van der Waals surface area contributed by atoms with Gasteiger partial charge >= 0.3 is 0 Å². The predicted molar refractivity (Wildman–Crippen MR) is 99.9 cm³/mol. The molecular weight excluding hydrogens is 294 g/mol. The van der Waals surface area contributed by atoms with Gasteiger partial charge in [-0.15, -0.1) is 0 Å². The van der Waals surface area contributed by atoms with Gasteiger partial charge in [0.25, 0.3) is 0 Å². The van der Waals surface area contributed by atoms with Gasteiger partial charge in [0.2, 0.25) is 0 Å². The quantitative estimate of drug-likeness (QED) is 0.554. The van der Waals surface area contributed by atoms with Gasteiger partial charge in [0, 0.05) is 13.1 Å². The predicted octanol–water partition coefficient (Wildman–Crippen LogP) is 5.49. The van der Waals surface area contributed by atoms with Crippen LogP contribution in [0.2, 0.25) is 0 Å². The molecule has 1 aliphatic rings. The molecule has 0 aromatic carbocycles. The summed E-state index contributed by atoms with van der Waals surface area (Å²) in [6.45, 7) is 11.0. The molecule has 1 aliphatic carbocycles. The highest BCUT2D eigenvalue weighted by Gasteiger charge is 2.26. The Hall–Kier alpha value is -2.00. The summed E-state index contributed by atoms with van der Waals surface area (Å²) in [5, 5.41) is 18.3. The fourth-order valence-electron chi connectivity index (χ4n) is 3.08. The molecule has 0 heterocycles. The summed E-state index contributed by atoms with van der Waals surface area (Å²) in [6.07, 6.45) is 13.0. The number of unbranched alkanes of at least 4 members (excludes halogenated alkanes) is 2. The van der Waals surface area contributed by atoms with Crippen LogP contribution in [-0.4, -0.2) is 18.0 Å². The Morgan fingerprint density at radius 1 is 1.12 bits per heavy atom. The summed E-state index contributed by atoms with van der Waals surface area (Å²) in [7, 11) is 0. The standard InChI is InChI=1S/C21H31N3/c1-5-7-10-24(11-8-6-2)12-9-18-13-19(20(16-22)17-23)15-21(3,4)14-18/h9,12-13H,5-8,10-11,14-15H2,1-4H3. The van der Waals surface area contributed by atoms with E-state index in [0.29, 0.717) is 0 Å². The van der Waals surface area contributed by atoms with E-state index >= 15 is 0 Å². The fourth-order valence-corrected chi connectivity index (χ4v) is 3.08. The van der Waals surface area contributed by atoms with Gasteiger partial charge in [-0.25, -0.2) is 0 Å². The Labute approximate surface area is 148 Å². The van der Waals surface area contributed by atoms with Crippen LogP contribution in [-0.2, 0) is 0 Å². The second-order valence-electron chi connectivity index (χ2n) is 7.42. The Bertz CT molecular complexity index is 555. The van der Waals surface area contributed by atoms with Gasteiger partial charge in [-0.1, -0.05) is 46.6 Å². The lowest BCUT2D eigenvalue weighted by Crippen LogP contribution is -2.21. The molecule has 0 N–H and O–H groups in total. The van der Waals surface area contributed by atoms with Crippen LogP contribution in [0, 0.1) is 28.1 Å². The zero-order chi connectivity index (χ0) is 18.0. The Balaban J connectivity index is 2.98. The average molecular weight is 326 g/mol. The molecule has 0 amide bonds. The van der Waals surface area contributed by atoms with E-state index in [2.05, 4.69) is 44.9 Å².